The molecule has 0 aliphatic carbocycles. The number of piperidine rings is 1. The first kappa shape index (κ1) is 30.7. The minimum Gasteiger partial charge on any atom is -0.497 e. The van der Waals surface area contributed by atoms with Gasteiger partial charge in [-0.1, -0.05) is 44.2 Å². The second-order valence-electron chi connectivity index (χ2n) is 11.5. The first-order valence-corrected chi connectivity index (χ1v) is 14.8. The SMILES string of the molecule is COc1ccc(N(C(=O)OCc2ccccc2)c2cc3c(cn2)n(C)c(=O)n3C2CCN(C(=O)OCC(C)C)CC2)c(C)c1. The van der Waals surface area contributed by atoms with Crippen LogP contribution in [-0.2, 0) is 23.1 Å². The number of likely N-dealkylation sites (tertiary alicyclic amines) is 1. The minimum atomic E-state index is -0.605. The number of imidazole rings is 1. The zero-order chi connectivity index (χ0) is 31.4. The summed E-state index contributed by atoms with van der Waals surface area (Å²) in [7, 11) is 3.30. The number of pyridine rings is 1. The molecule has 4 aromatic rings. The van der Waals surface area contributed by atoms with Crippen LogP contribution < -0.4 is 15.3 Å². The van der Waals surface area contributed by atoms with Crippen LogP contribution in [0.3, 0.4) is 0 Å². The minimum absolute atomic E-state index is 0.0852. The second-order valence-corrected chi connectivity index (χ2v) is 11.5. The van der Waals surface area contributed by atoms with Gasteiger partial charge in [0, 0.05) is 32.2 Å². The molecule has 232 valence electrons. The van der Waals surface area contributed by atoms with E-state index in [-0.39, 0.29) is 30.3 Å². The third-order valence-electron chi connectivity index (χ3n) is 7.85. The number of hydrogen-bond donors (Lipinski definition) is 0. The van der Waals surface area contributed by atoms with E-state index in [9.17, 15) is 14.4 Å². The van der Waals surface area contributed by atoms with Gasteiger partial charge < -0.3 is 19.1 Å². The summed E-state index contributed by atoms with van der Waals surface area (Å²) < 4.78 is 19.9. The number of carbonyl (C=O) groups is 2. The standard InChI is InChI=1S/C33H39N5O6/c1-22(2)20-43-32(40)36-15-13-25(14-16-36)37-28-18-30(34-19-29(28)35(4)31(37)39)38(27-12-11-26(42-5)17-23(27)3)33(41)44-21-24-9-7-6-8-10-24/h6-12,17-19,22,25H,13-16,20-21H2,1-5H3. The van der Waals surface area contributed by atoms with Crippen molar-refractivity contribution in [2.75, 3.05) is 31.7 Å². The van der Waals surface area contributed by atoms with Crippen LogP contribution in [0.25, 0.3) is 11.0 Å². The largest absolute Gasteiger partial charge is 0.497 e. The van der Waals surface area contributed by atoms with Gasteiger partial charge in [0.05, 0.1) is 36.6 Å². The highest BCUT2D eigenvalue weighted by atomic mass is 16.6. The molecule has 1 aliphatic rings. The van der Waals surface area contributed by atoms with Crippen molar-refractivity contribution >= 4 is 34.7 Å². The van der Waals surface area contributed by atoms with Crippen LogP contribution in [0.2, 0.25) is 0 Å². The number of fused-ring (bicyclic) bond motifs is 1. The molecule has 0 radical (unpaired) electrons. The third kappa shape index (κ3) is 6.41. The molecule has 5 rings (SSSR count). The number of rotatable bonds is 8. The Morgan fingerprint density at radius 1 is 1.02 bits per heavy atom. The fourth-order valence-electron chi connectivity index (χ4n) is 5.46. The molecule has 0 N–H and O–H groups in total. The molecule has 11 nitrogen and oxygen atoms in total. The summed E-state index contributed by atoms with van der Waals surface area (Å²) in [5, 5.41) is 0. The van der Waals surface area contributed by atoms with Crippen molar-refractivity contribution in [3.63, 3.8) is 0 Å². The van der Waals surface area contributed by atoms with Crippen molar-refractivity contribution in [3.05, 3.63) is 82.4 Å². The summed E-state index contributed by atoms with van der Waals surface area (Å²) in [6, 6.07) is 16.5. The molecule has 11 heteroatoms. The molecule has 2 aromatic heterocycles. The van der Waals surface area contributed by atoms with Crippen molar-refractivity contribution in [2.24, 2.45) is 13.0 Å². The molecule has 3 heterocycles. The highest BCUT2D eigenvalue weighted by Gasteiger charge is 2.29. The van der Waals surface area contributed by atoms with E-state index in [2.05, 4.69) is 4.98 Å². The van der Waals surface area contributed by atoms with E-state index in [1.807, 2.05) is 57.2 Å². The van der Waals surface area contributed by atoms with Gasteiger partial charge in [-0.3, -0.25) is 9.13 Å². The Kier molecular flexibility index (Phi) is 9.22. The number of amides is 2. The summed E-state index contributed by atoms with van der Waals surface area (Å²) >= 11 is 0. The second kappa shape index (κ2) is 13.2. The average Bonchev–Trinajstić information content (AvgIpc) is 3.28. The third-order valence-corrected chi connectivity index (χ3v) is 7.85. The monoisotopic (exact) mass is 601 g/mol. The Balaban J connectivity index is 1.48. The van der Waals surface area contributed by atoms with E-state index in [0.717, 1.165) is 11.1 Å². The smallest absolute Gasteiger partial charge is 0.420 e. The van der Waals surface area contributed by atoms with Crippen LogP contribution in [-0.4, -0.2) is 58.0 Å². The number of anilines is 2. The molecule has 1 fully saturated rings. The molecule has 1 saturated heterocycles. The van der Waals surface area contributed by atoms with Gasteiger partial charge >= 0.3 is 17.9 Å². The van der Waals surface area contributed by atoms with Crippen LogP contribution in [0, 0.1) is 12.8 Å². The zero-order valence-electron chi connectivity index (χ0n) is 25.9. The summed E-state index contributed by atoms with van der Waals surface area (Å²) in [6.07, 6.45) is 1.86. The Morgan fingerprint density at radius 2 is 1.75 bits per heavy atom. The quantitative estimate of drug-likeness (QED) is 0.245. The lowest BCUT2D eigenvalue weighted by Gasteiger charge is -2.32. The van der Waals surface area contributed by atoms with Crippen LogP contribution >= 0.6 is 0 Å². The van der Waals surface area contributed by atoms with Gasteiger partial charge in [0.25, 0.3) is 0 Å². The summed E-state index contributed by atoms with van der Waals surface area (Å²) in [4.78, 5) is 47.5. The topological polar surface area (TPSA) is 108 Å². The van der Waals surface area contributed by atoms with E-state index in [1.165, 1.54) is 4.90 Å². The first-order valence-electron chi connectivity index (χ1n) is 14.8. The summed E-state index contributed by atoms with van der Waals surface area (Å²) in [6.45, 7) is 7.28. The Morgan fingerprint density at radius 3 is 2.41 bits per heavy atom. The Hall–Kier alpha value is -4.80. The molecule has 1 aliphatic heterocycles. The molecule has 0 atom stereocenters. The molecular weight excluding hydrogens is 562 g/mol. The van der Waals surface area contributed by atoms with Crippen molar-refractivity contribution < 1.29 is 23.8 Å². The van der Waals surface area contributed by atoms with Gasteiger partial charge in [0.1, 0.15) is 18.2 Å². The number of nitrogens with zero attached hydrogens (tertiary/aromatic N) is 5. The average molecular weight is 602 g/mol. The van der Waals surface area contributed by atoms with Crippen LogP contribution in [0.1, 0.15) is 43.9 Å². The highest BCUT2D eigenvalue weighted by Crippen LogP contribution is 2.33. The number of hydrogen-bond acceptors (Lipinski definition) is 7. The van der Waals surface area contributed by atoms with Crippen LogP contribution in [0.5, 0.6) is 5.75 Å². The molecule has 2 amide bonds. The predicted octanol–water partition coefficient (Wildman–Crippen LogP) is 5.96. The Labute approximate surface area is 256 Å². The number of ether oxygens (including phenoxy) is 3. The van der Waals surface area contributed by atoms with Gasteiger partial charge in [-0.2, -0.15) is 0 Å². The molecule has 0 unspecified atom stereocenters. The summed E-state index contributed by atoms with van der Waals surface area (Å²) in [5.41, 5.74) is 3.32. The summed E-state index contributed by atoms with van der Waals surface area (Å²) in [5.74, 6) is 1.23. The van der Waals surface area contributed by atoms with Crippen LogP contribution in [0.15, 0.2) is 65.6 Å². The molecular formula is C33H39N5O6. The van der Waals surface area contributed by atoms with E-state index in [1.54, 1.807) is 52.6 Å². The molecule has 0 saturated carbocycles. The fourth-order valence-corrected chi connectivity index (χ4v) is 5.46. The Bertz CT molecular complexity index is 1690. The number of aromatic nitrogens is 3. The van der Waals surface area contributed by atoms with Gasteiger partial charge in [-0.05, 0) is 55.0 Å². The predicted molar refractivity (Wildman–Crippen MR) is 168 cm³/mol. The van der Waals surface area contributed by atoms with Gasteiger partial charge in [-0.25, -0.2) is 24.3 Å². The maximum absolute atomic E-state index is 13.7. The molecule has 2 aromatic carbocycles. The first-order chi connectivity index (χ1) is 21.2. The number of methoxy groups -OCH3 is 1. The lowest BCUT2D eigenvalue weighted by atomic mass is 10.1. The van der Waals surface area contributed by atoms with Crippen molar-refractivity contribution in [3.8, 4) is 5.75 Å². The van der Waals surface area contributed by atoms with Gasteiger partial charge in [-0.15, -0.1) is 0 Å². The lowest BCUT2D eigenvalue weighted by Crippen LogP contribution is -2.41. The van der Waals surface area contributed by atoms with Crippen LogP contribution in [0.4, 0.5) is 21.1 Å². The molecule has 0 bridgehead atoms. The zero-order valence-corrected chi connectivity index (χ0v) is 25.9. The number of aryl methyl sites for hydroxylation is 2. The normalized spacial score (nSPS) is 13.7. The van der Waals surface area contributed by atoms with Crippen molar-refractivity contribution in [1.82, 2.24) is 19.0 Å². The fraction of sp³-hybridized carbons (Fsp3) is 0.394. The molecule has 44 heavy (non-hydrogen) atoms. The maximum atomic E-state index is 13.7. The van der Waals surface area contributed by atoms with E-state index >= 15 is 0 Å². The number of benzene rings is 2. The van der Waals surface area contributed by atoms with E-state index in [4.69, 9.17) is 14.2 Å². The van der Waals surface area contributed by atoms with Gasteiger partial charge in [0.15, 0.2) is 0 Å². The highest BCUT2D eigenvalue weighted by molar-refractivity contribution is 5.97. The maximum Gasteiger partial charge on any atom is 0.420 e. The van der Waals surface area contributed by atoms with E-state index < -0.39 is 6.09 Å². The van der Waals surface area contributed by atoms with Crippen molar-refractivity contribution in [1.29, 1.82) is 0 Å². The lowest BCUT2D eigenvalue weighted by molar-refractivity contribution is 0.0798. The number of carbonyl (C=O) groups excluding carboxylic acids is 2. The van der Waals surface area contributed by atoms with E-state index in [0.29, 0.717) is 60.8 Å². The molecule has 0 spiro atoms. The van der Waals surface area contributed by atoms with Gasteiger partial charge in [0.2, 0.25) is 0 Å². The van der Waals surface area contributed by atoms with Crippen molar-refractivity contribution in [2.45, 2.75) is 46.3 Å².